The van der Waals surface area contributed by atoms with E-state index >= 15 is 0 Å². The summed E-state index contributed by atoms with van der Waals surface area (Å²) in [6.45, 7) is 5.58. The summed E-state index contributed by atoms with van der Waals surface area (Å²) >= 11 is 2.42. The Hall–Kier alpha value is 0. The highest BCUT2D eigenvalue weighted by Gasteiger charge is 2.26. The minimum absolute atomic E-state index is 0.0628. The molecule has 0 radical (unpaired) electrons. The molecule has 1 saturated carbocycles. The van der Waals surface area contributed by atoms with E-state index in [9.17, 15) is 4.79 Å². The molecule has 0 bridgehead atoms. The van der Waals surface area contributed by atoms with Crippen molar-refractivity contribution in [3.8, 4) is 0 Å². The van der Waals surface area contributed by atoms with Crippen molar-refractivity contribution in [3.63, 3.8) is 0 Å². The zero-order valence-electron chi connectivity index (χ0n) is 11.7. The molecular formula is C14H25IO3. The molecule has 0 heterocycles. The molecule has 0 N–H and O–H groups in total. The Morgan fingerprint density at radius 2 is 2.06 bits per heavy atom. The average molecular weight is 368 g/mol. The lowest BCUT2D eigenvalue weighted by atomic mass is 9.84. The van der Waals surface area contributed by atoms with Crippen molar-refractivity contribution in [1.82, 2.24) is 0 Å². The van der Waals surface area contributed by atoms with Gasteiger partial charge in [0.2, 0.25) is 0 Å². The second kappa shape index (κ2) is 7.56. The summed E-state index contributed by atoms with van der Waals surface area (Å²) in [6, 6.07) is 0. The second-order valence-electron chi connectivity index (χ2n) is 6.07. The summed E-state index contributed by atoms with van der Waals surface area (Å²) in [5.41, 5.74) is -0.466. The smallest absolute Gasteiger partial charge is 0.431 e. The third-order valence-corrected chi connectivity index (χ3v) is 3.90. The Morgan fingerprint density at radius 3 is 2.67 bits per heavy atom. The number of ether oxygens (including phenoxy) is 2. The second-order valence-corrected chi connectivity index (χ2v) is 7.15. The molecule has 1 rings (SSSR count). The van der Waals surface area contributed by atoms with Crippen LogP contribution < -0.4 is 0 Å². The number of hydrogen-bond acceptors (Lipinski definition) is 3. The van der Waals surface area contributed by atoms with Gasteiger partial charge in [-0.2, -0.15) is 0 Å². The maximum absolute atomic E-state index is 11.6. The monoisotopic (exact) mass is 368 g/mol. The fourth-order valence-electron chi connectivity index (χ4n) is 2.39. The van der Waals surface area contributed by atoms with E-state index in [-0.39, 0.29) is 6.10 Å². The first-order chi connectivity index (χ1) is 8.40. The van der Waals surface area contributed by atoms with E-state index in [1.54, 1.807) is 0 Å². The highest BCUT2D eigenvalue weighted by molar-refractivity contribution is 14.1. The predicted octanol–water partition coefficient (Wildman–Crippen LogP) is 4.71. The van der Waals surface area contributed by atoms with Crippen LogP contribution >= 0.6 is 22.6 Å². The van der Waals surface area contributed by atoms with Crippen LogP contribution in [0.15, 0.2) is 0 Å². The standard InChI is InChI=1S/C14H25IO3/c1-14(2,3)18-13(16)17-12-8-4-6-11(10-12)7-5-9-15/h11-12H,4-10H2,1-3H3. The van der Waals surface area contributed by atoms with E-state index in [2.05, 4.69) is 22.6 Å². The van der Waals surface area contributed by atoms with Crippen molar-refractivity contribution in [2.75, 3.05) is 4.43 Å². The van der Waals surface area contributed by atoms with Crippen molar-refractivity contribution >= 4 is 28.7 Å². The van der Waals surface area contributed by atoms with Crippen LogP contribution in [0.4, 0.5) is 4.79 Å². The molecule has 2 atom stereocenters. The number of alkyl halides is 1. The fraction of sp³-hybridized carbons (Fsp3) is 0.929. The molecule has 0 aromatic rings. The van der Waals surface area contributed by atoms with Gasteiger partial charge in [0.15, 0.2) is 0 Å². The highest BCUT2D eigenvalue weighted by atomic mass is 127. The SMILES string of the molecule is CC(C)(C)OC(=O)OC1CCCC(CCCI)C1. The Labute approximate surface area is 124 Å². The van der Waals surface area contributed by atoms with Crippen LogP contribution in [0, 0.1) is 5.92 Å². The number of rotatable bonds is 4. The van der Waals surface area contributed by atoms with Gasteiger partial charge in [-0.05, 0) is 63.2 Å². The molecule has 0 aromatic heterocycles. The van der Waals surface area contributed by atoms with Crippen LogP contribution in [-0.4, -0.2) is 22.3 Å². The number of halogens is 1. The van der Waals surface area contributed by atoms with Gasteiger partial charge in [-0.3, -0.25) is 0 Å². The van der Waals surface area contributed by atoms with Crippen molar-refractivity contribution in [2.45, 2.75) is 71.0 Å². The molecule has 1 aliphatic rings. The summed E-state index contributed by atoms with van der Waals surface area (Å²) in [5.74, 6) is 0.723. The summed E-state index contributed by atoms with van der Waals surface area (Å²) in [5, 5.41) is 0. The van der Waals surface area contributed by atoms with Gasteiger partial charge in [0.05, 0.1) is 0 Å². The minimum Gasteiger partial charge on any atom is -0.431 e. The van der Waals surface area contributed by atoms with Gasteiger partial charge in [-0.25, -0.2) is 4.79 Å². The molecule has 2 unspecified atom stereocenters. The van der Waals surface area contributed by atoms with E-state index in [4.69, 9.17) is 9.47 Å². The van der Waals surface area contributed by atoms with Gasteiger partial charge >= 0.3 is 6.16 Å². The highest BCUT2D eigenvalue weighted by Crippen LogP contribution is 2.30. The van der Waals surface area contributed by atoms with Crippen molar-refractivity contribution in [2.24, 2.45) is 5.92 Å². The first-order valence-electron chi connectivity index (χ1n) is 6.86. The zero-order valence-corrected chi connectivity index (χ0v) is 13.9. The molecule has 0 saturated heterocycles. The molecule has 3 nitrogen and oxygen atoms in total. The summed E-state index contributed by atoms with van der Waals surface area (Å²) in [6.07, 6.45) is 6.52. The van der Waals surface area contributed by atoms with Gasteiger partial charge in [0.25, 0.3) is 0 Å². The maximum Gasteiger partial charge on any atom is 0.509 e. The first-order valence-corrected chi connectivity index (χ1v) is 8.39. The largest absolute Gasteiger partial charge is 0.509 e. The quantitative estimate of drug-likeness (QED) is 0.410. The van der Waals surface area contributed by atoms with Crippen LogP contribution in [0.25, 0.3) is 0 Å². The van der Waals surface area contributed by atoms with E-state index in [1.165, 1.54) is 30.1 Å². The number of carbonyl (C=O) groups excluding carboxylic acids is 1. The third kappa shape index (κ3) is 6.81. The van der Waals surface area contributed by atoms with Crippen LogP contribution in [0.3, 0.4) is 0 Å². The third-order valence-electron chi connectivity index (χ3n) is 3.13. The molecule has 18 heavy (non-hydrogen) atoms. The molecule has 0 amide bonds. The van der Waals surface area contributed by atoms with E-state index < -0.39 is 11.8 Å². The first kappa shape index (κ1) is 16.1. The Balaban J connectivity index is 2.31. The Kier molecular flexibility index (Phi) is 6.74. The van der Waals surface area contributed by atoms with Crippen molar-refractivity contribution in [1.29, 1.82) is 0 Å². The molecule has 1 aliphatic carbocycles. The number of hydrogen-bond donors (Lipinski definition) is 0. The predicted molar refractivity (Wildman–Crippen MR) is 81.2 cm³/mol. The number of carbonyl (C=O) groups is 1. The lowest BCUT2D eigenvalue weighted by Crippen LogP contribution is -2.30. The van der Waals surface area contributed by atoms with E-state index in [1.807, 2.05) is 20.8 Å². The Bertz CT molecular complexity index is 260. The van der Waals surface area contributed by atoms with Crippen LogP contribution in [0.1, 0.15) is 59.3 Å². The minimum atomic E-state index is -0.512. The topological polar surface area (TPSA) is 35.5 Å². The van der Waals surface area contributed by atoms with Crippen LogP contribution in [-0.2, 0) is 9.47 Å². The van der Waals surface area contributed by atoms with E-state index in [0.717, 1.165) is 18.8 Å². The summed E-state index contributed by atoms with van der Waals surface area (Å²) in [4.78, 5) is 11.6. The van der Waals surface area contributed by atoms with Gasteiger partial charge in [-0.15, -0.1) is 0 Å². The lowest BCUT2D eigenvalue weighted by molar-refractivity contribution is -0.0385. The average Bonchev–Trinajstić information content (AvgIpc) is 2.24. The molecule has 4 heteroatoms. The maximum atomic E-state index is 11.6. The summed E-state index contributed by atoms with van der Waals surface area (Å²) < 4.78 is 11.8. The lowest BCUT2D eigenvalue weighted by Gasteiger charge is -2.29. The summed E-state index contributed by atoms with van der Waals surface area (Å²) in [7, 11) is 0. The molecule has 106 valence electrons. The van der Waals surface area contributed by atoms with Gasteiger partial charge in [0, 0.05) is 0 Å². The molecule has 1 fully saturated rings. The Morgan fingerprint density at radius 1 is 1.33 bits per heavy atom. The molecule has 0 aromatic carbocycles. The molecule has 0 aliphatic heterocycles. The van der Waals surface area contributed by atoms with E-state index in [0.29, 0.717) is 0 Å². The van der Waals surface area contributed by atoms with Gasteiger partial charge < -0.3 is 9.47 Å². The molecule has 0 spiro atoms. The normalized spacial score (nSPS) is 24.7. The van der Waals surface area contributed by atoms with Crippen LogP contribution in [0.5, 0.6) is 0 Å². The van der Waals surface area contributed by atoms with Crippen molar-refractivity contribution < 1.29 is 14.3 Å². The fourth-order valence-corrected chi connectivity index (χ4v) is 2.83. The van der Waals surface area contributed by atoms with Gasteiger partial charge in [-0.1, -0.05) is 29.0 Å². The molecular weight excluding hydrogens is 343 g/mol. The zero-order chi connectivity index (χ0) is 13.6. The van der Waals surface area contributed by atoms with Crippen LogP contribution in [0.2, 0.25) is 0 Å². The van der Waals surface area contributed by atoms with Crippen molar-refractivity contribution in [3.05, 3.63) is 0 Å². The van der Waals surface area contributed by atoms with Gasteiger partial charge in [0.1, 0.15) is 11.7 Å².